The lowest BCUT2D eigenvalue weighted by Crippen LogP contribution is -2.06. The second-order valence-corrected chi connectivity index (χ2v) is 6.11. The van der Waals surface area contributed by atoms with Gasteiger partial charge >= 0.3 is 0 Å². The molecule has 108 valence electrons. The van der Waals surface area contributed by atoms with E-state index < -0.39 is 0 Å². The van der Waals surface area contributed by atoms with Crippen LogP contribution in [-0.4, -0.2) is 4.92 Å². The summed E-state index contributed by atoms with van der Waals surface area (Å²) in [5, 5.41) is 14.4. The second-order valence-electron chi connectivity index (χ2n) is 5.19. The molecule has 0 spiro atoms. The Hall–Kier alpha value is -1.88. The topological polar surface area (TPSA) is 55.2 Å². The van der Waals surface area contributed by atoms with Crippen molar-refractivity contribution in [3.8, 4) is 0 Å². The zero-order valence-corrected chi connectivity index (χ0v) is 13.0. The van der Waals surface area contributed by atoms with Gasteiger partial charge in [-0.3, -0.25) is 10.1 Å². The first-order valence-corrected chi connectivity index (χ1v) is 7.76. The van der Waals surface area contributed by atoms with Crippen LogP contribution < -0.4 is 5.32 Å². The SMILES string of the molecule is O=[N+]([O-])c1cc(Br)ccc1Nc1cccc2c1CCCC2. The standard InChI is InChI=1S/C16H15BrN2O2/c17-12-8-9-15(16(10-12)19(20)21)18-14-7-3-5-11-4-1-2-6-13(11)14/h3,5,7-10,18H,1-2,4,6H2. The zero-order chi connectivity index (χ0) is 14.8. The van der Waals surface area contributed by atoms with E-state index in [4.69, 9.17) is 0 Å². The maximum Gasteiger partial charge on any atom is 0.293 e. The average molecular weight is 347 g/mol. The Morgan fingerprint density at radius 2 is 1.90 bits per heavy atom. The van der Waals surface area contributed by atoms with Crippen LogP contribution in [0.4, 0.5) is 17.1 Å². The molecule has 1 aliphatic carbocycles. The van der Waals surface area contributed by atoms with Crippen molar-refractivity contribution in [1.82, 2.24) is 0 Å². The molecule has 0 fully saturated rings. The molecule has 0 saturated carbocycles. The van der Waals surface area contributed by atoms with E-state index in [1.165, 1.54) is 30.0 Å². The van der Waals surface area contributed by atoms with E-state index >= 15 is 0 Å². The molecule has 21 heavy (non-hydrogen) atoms. The van der Waals surface area contributed by atoms with Crippen LogP contribution >= 0.6 is 15.9 Å². The van der Waals surface area contributed by atoms with Gasteiger partial charge in [-0.15, -0.1) is 0 Å². The van der Waals surface area contributed by atoms with Crippen molar-refractivity contribution >= 4 is 33.0 Å². The highest BCUT2D eigenvalue weighted by atomic mass is 79.9. The van der Waals surface area contributed by atoms with E-state index in [0.717, 1.165) is 18.5 Å². The van der Waals surface area contributed by atoms with E-state index in [2.05, 4.69) is 27.3 Å². The van der Waals surface area contributed by atoms with Gasteiger partial charge in [0.2, 0.25) is 0 Å². The van der Waals surface area contributed by atoms with Gasteiger partial charge in [0.05, 0.1) is 4.92 Å². The van der Waals surface area contributed by atoms with Crippen molar-refractivity contribution in [3.05, 3.63) is 62.1 Å². The fraction of sp³-hybridized carbons (Fsp3) is 0.250. The third kappa shape index (κ3) is 2.93. The number of halogens is 1. The molecule has 5 heteroatoms. The normalized spacial score (nSPS) is 13.6. The quantitative estimate of drug-likeness (QED) is 0.629. The Morgan fingerprint density at radius 3 is 2.71 bits per heavy atom. The summed E-state index contributed by atoms with van der Waals surface area (Å²) in [6, 6.07) is 11.2. The fourth-order valence-corrected chi connectivity index (χ4v) is 3.15. The van der Waals surface area contributed by atoms with E-state index in [-0.39, 0.29) is 10.6 Å². The molecule has 0 atom stereocenters. The number of nitrogens with one attached hydrogen (secondary N) is 1. The van der Waals surface area contributed by atoms with Gasteiger partial charge in [0.1, 0.15) is 5.69 Å². The Balaban J connectivity index is 2.00. The van der Waals surface area contributed by atoms with Crippen molar-refractivity contribution < 1.29 is 4.92 Å². The highest BCUT2D eigenvalue weighted by Crippen LogP contribution is 2.34. The highest BCUT2D eigenvalue weighted by Gasteiger charge is 2.17. The summed E-state index contributed by atoms with van der Waals surface area (Å²) in [5.74, 6) is 0. The molecule has 0 amide bonds. The first kappa shape index (κ1) is 14.1. The van der Waals surface area contributed by atoms with Gasteiger partial charge in [0, 0.05) is 16.2 Å². The molecule has 2 aromatic carbocycles. The molecular formula is C16H15BrN2O2. The molecule has 0 unspecified atom stereocenters. The van der Waals surface area contributed by atoms with Crippen molar-refractivity contribution in [1.29, 1.82) is 0 Å². The molecule has 1 aliphatic rings. The van der Waals surface area contributed by atoms with Crippen LogP contribution in [0.5, 0.6) is 0 Å². The van der Waals surface area contributed by atoms with Gasteiger partial charge in [-0.05, 0) is 55.0 Å². The fourth-order valence-electron chi connectivity index (χ4n) is 2.81. The summed E-state index contributed by atoms with van der Waals surface area (Å²) in [6.45, 7) is 0. The lowest BCUT2D eigenvalue weighted by Gasteiger charge is -2.20. The molecule has 0 saturated heterocycles. The molecule has 0 heterocycles. The first-order valence-electron chi connectivity index (χ1n) is 6.97. The van der Waals surface area contributed by atoms with Crippen molar-refractivity contribution in [2.45, 2.75) is 25.7 Å². The number of benzene rings is 2. The van der Waals surface area contributed by atoms with Crippen molar-refractivity contribution in [2.75, 3.05) is 5.32 Å². The number of rotatable bonds is 3. The van der Waals surface area contributed by atoms with Gasteiger partial charge in [0.25, 0.3) is 5.69 Å². The lowest BCUT2D eigenvalue weighted by molar-refractivity contribution is -0.384. The van der Waals surface area contributed by atoms with Crippen LogP contribution in [0, 0.1) is 10.1 Å². The molecule has 0 radical (unpaired) electrons. The molecule has 2 aromatic rings. The third-order valence-electron chi connectivity index (χ3n) is 3.82. The molecule has 0 aromatic heterocycles. The largest absolute Gasteiger partial charge is 0.350 e. The minimum absolute atomic E-state index is 0.0813. The lowest BCUT2D eigenvalue weighted by atomic mass is 9.90. The molecule has 1 N–H and O–H groups in total. The number of anilines is 2. The van der Waals surface area contributed by atoms with Gasteiger partial charge in [-0.1, -0.05) is 28.1 Å². The number of aryl methyl sites for hydroxylation is 1. The minimum atomic E-state index is -0.359. The van der Waals surface area contributed by atoms with Crippen LogP contribution in [0.1, 0.15) is 24.0 Å². The summed E-state index contributed by atoms with van der Waals surface area (Å²) < 4.78 is 0.704. The Morgan fingerprint density at radius 1 is 1.10 bits per heavy atom. The van der Waals surface area contributed by atoms with Crippen LogP contribution in [0.2, 0.25) is 0 Å². The second kappa shape index (κ2) is 5.85. The maximum absolute atomic E-state index is 11.2. The summed E-state index contributed by atoms with van der Waals surface area (Å²) in [7, 11) is 0. The van der Waals surface area contributed by atoms with Gasteiger partial charge < -0.3 is 5.32 Å². The van der Waals surface area contributed by atoms with Crippen LogP contribution in [0.25, 0.3) is 0 Å². The highest BCUT2D eigenvalue weighted by molar-refractivity contribution is 9.10. The summed E-state index contributed by atoms with van der Waals surface area (Å²) in [4.78, 5) is 10.8. The Kier molecular flexibility index (Phi) is 3.92. The van der Waals surface area contributed by atoms with Gasteiger partial charge in [-0.2, -0.15) is 0 Å². The number of hydrogen-bond acceptors (Lipinski definition) is 3. The predicted molar refractivity (Wildman–Crippen MR) is 87.2 cm³/mol. The molecule has 0 bridgehead atoms. The van der Waals surface area contributed by atoms with Gasteiger partial charge in [0.15, 0.2) is 0 Å². The smallest absolute Gasteiger partial charge is 0.293 e. The number of nitrogens with zero attached hydrogens (tertiary/aromatic N) is 1. The number of nitro benzene ring substituents is 1. The first-order chi connectivity index (χ1) is 10.1. The number of fused-ring (bicyclic) bond motifs is 1. The van der Waals surface area contributed by atoms with E-state index in [1.54, 1.807) is 6.07 Å². The number of hydrogen-bond donors (Lipinski definition) is 1. The van der Waals surface area contributed by atoms with Crippen molar-refractivity contribution in [3.63, 3.8) is 0 Å². The van der Waals surface area contributed by atoms with E-state index in [1.807, 2.05) is 18.2 Å². The third-order valence-corrected chi connectivity index (χ3v) is 4.31. The maximum atomic E-state index is 11.2. The minimum Gasteiger partial charge on any atom is -0.350 e. The molecule has 0 aliphatic heterocycles. The van der Waals surface area contributed by atoms with Crippen molar-refractivity contribution in [2.24, 2.45) is 0 Å². The average Bonchev–Trinajstić information content (AvgIpc) is 2.49. The number of nitro groups is 1. The predicted octanol–water partition coefficient (Wildman–Crippen LogP) is 4.98. The monoisotopic (exact) mass is 346 g/mol. The van der Waals surface area contributed by atoms with Crippen LogP contribution in [0.15, 0.2) is 40.9 Å². The summed E-state index contributed by atoms with van der Waals surface area (Å²) >= 11 is 3.28. The van der Waals surface area contributed by atoms with Gasteiger partial charge in [-0.25, -0.2) is 0 Å². The summed E-state index contributed by atoms with van der Waals surface area (Å²) in [6.07, 6.45) is 4.51. The Labute approximate surface area is 131 Å². The zero-order valence-electron chi connectivity index (χ0n) is 11.4. The van der Waals surface area contributed by atoms with Crippen LogP contribution in [-0.2, 0) is 12.8 Å². The molecular weight excluding hydrogens is 332 g/mol. The summed E-state index contributed by atoms with van der Waals surface area (Å²) in [5.41, 5.74) is 4.24. The van der Waals surface area contributed by atoms with E-state index in [0.29, 0.717) is 10.2 Å². The Bertz CT molecular complexity index is 701. The van der Waals surface area contributed by atoms with Crippen LogP contribution in [0.3, 0.4) is 0 Å². The molecule has 4 nitrogen and oxygen atoms in total. The van der Waals surface area contributed by atoms with E-state index in [9.17, 15) is 10.1 Å². The molecule has 3 rings (SSSR count).